The molecule has 0 amide bonds. The molecule has 2 N–H and O–H groups in total. The molecule has 0 bridgehead atoms. The Kier molecular flexibility index (Phi) is 7.02. The molecule has 0 aliphatic carbocycles. The second-order valence-electron chi connectivity index (χ2n) is 10.2. The first-order valence-corrected chi connectivity index (χ1v) is 13.3. The maximum atomic E-state index is 15.3. The van der Waals surface area contributed by atoms with Gasteiger partial charge < -0.3 is 10.2 Å². The molecule has 1 aliphatic rings. The second-order valence-corrected chi connectivity index (χ2v) is 10.2. The number of hydrogen-bond acceptors (Lipinski definition) is 5. The number of rotatable bonds is 7. The summed E-state index contributed by atoms with van der Waals surface area (Å²) in [4.78, 5) is 1.85. The van der Waals surface area contributed by atoms with Crippen molar-refractivity contribution in [3.63, 3.8) is 0 Å². The predicted molar refractivity (Wildman–Crippen MR) is 149 cm³/mol. The van der Waals surface area contributed by atoms with Gasteiger partial charge in [-0.25, -0.2) is 13.9 Å². The van der Waals surface area contributed by atoms with Crippen LogP contribution in [-0.4, -0.2) is 40.3 Å². The van der Waals surface area contributed by atoms with Gasteiger partial charge in [0.15, 0.2) is 5.82 Å². The van der Waals surface area contributed by atoms with E-state index < -0.39 is 11.6 Å². The lowest BCUT2D eigenvalue weighted by molar-refractivity contribution is 0.327. The van der Waals surface area contributed by atoms with Crippen LogP contribution in [0.4, 0.5) is 14.5 Å². The number of H-pyrrole nitrogens is 1. The molecule has 1 aliphatic heterocycles. The number of anilines is 1. The number of nitrogens with one attached hydrogen (secondary N) is 2. The van der Waals surface area contributed by atoms with Gasteiger partial charge in [-0.2, -0.15) is 0 Å². The van der Waals surface area contributed by atoms with Gasteiger partial charge in [0.1, 0.15) is 17.3 Å². The predicted octanol–water partition coefficient (Wildman–Crippen LogP) is 6.26. The molecule has 5 aromatic rings. The Morgan fingerprint density at radius 1 is 0.974 bits per heavy atom. The van der Waals surface area contributed by atoms with Crippen molar-refractivity contribution >= 4 is 16.5 Å². The molecule has 2 heterocycles. The minimum Gasteiger partial charge on any atom is -0.366 e. The summed E-state index contributed by atoms with van der Waals surface area (Å²) in [6, 6.07) is 27.9. The summed E-state index contributed by atoms with van der Waals surface area (Å²) in [6.45, 7) is 3.99. The van der Waals surface area contributed by atoms with Crippen LogP contribution in [-0.2, 0) is 0 Å². The van der Waals surface area contributed by atoms with Crippen molar-refractivity contribution in [2.24, 2.45) is 5.92 Å². The molecule has 0 radical (unpaired) electrons. The topological polar surface area (TPSA) is 69.7 Å². The van der Waals surface area contributed by atoms with Gasteiger partial charge in [0.05, 0.1) is 0 Å². The summed E-state index contributed by atoms with van der Waals surface area (Å²) in [5.74, 6) is -0.576. The summed E-state index contributed by atoms with van der Waals surface area (Å²) >= 11 is 0. The minimum absolute atomic E-state index is 0.00448. The van der Waals surface area contributed by atoms with Crippen molar-refractivity contribution in [3.05, 3.63) is 108 Å². The van der Waals surface area contributed by atoms with Gasteiger partial charge in [-0.1, -0.05) is 72.8 Å². The van der Waals surface area contributed by atoms with E-state index in [0.29, 0.717) is 19.6 Å². The highest BCUT2D eigenvalue weighted by Crippen LogP contribution is 2.38. The van der Waals surface area contributed by atoms with Crippen LogP contribution < -0.4 is 10.2 Å². The van der Waals surface area contributed by atoms with Crippen LogP contribution in [0.2, 0.25) is 0 Å². The normalized spacial score (nSPS) is 18.4. The molecule has 1 saturated heterocycles. The van der Waals surface area contributed by atoms with Gasteiger partial charge in [-0.15, -0.1) is 5.10 Å². The highest BCUT2D eigenvalue weighted by molar-refractivity contribution is 5.86. The first-order valence-electron chi connectivity index (χ1n) is 13.3. The van der Waals surface area contributed by atoms with Crippen LogP contribution in [0.25, 0.3) is 22.2 Å². The molecule has 6 nitrogen and oxygen atoms in total. The number of fused-ring (bicyclic) bond motifs is 1. The molecule has 0 spiro atoms. The maximum absolute atomic E-state index is 15.3. The summed E-state index contributed by atoms with van der Waals surface area (Å²) in [7, 11) is 0. The average Bonchev–Trinajstić information content (AvgIpc) is 3.51. The SMILES string of the molecule is C[C@@H](NCC1CN(c2c(F)cc(-c3nnn[nH]3)cc2F)CCC1c1ccccc1)c1cccc2ccccc12. The van der Waals surface area contributed by atoms with E-state index in [1.165, 1.54) is 34.0 Å². The molecular formula is C31H30F2N6. The molecule has 1 aromatic heterocycles. The number of aromatic amines is 1. The first-order chi connectivity index (χ1) is 19.1. The smallest absolute Gasteiger partial charge is 0.179 e. The molecule has 0 saturated carbocycles. The highest BCUT2D eigenvalue weighted by atomic mass is 19.1. The third-order valence-electron chi connectivity index (χ3n) is 7.89. The fraction of sp³-hybridized carbons (Fsp3) is 0.258. The van der Waals surface area contributed by atoms with Crippen molar-refractivity contribution in [1.29, 1.82) is 0 Å². The van der Waals surface area contributed by atoms with Gasteiger partial charge in [-0.3, -0.25) is 0 Å². The number of hydrogen-bond donors (Lipinski definition) is 2. The summed E-state index contributed by atoms with van der Waals surface area (Å²) in [5, 5.41) is 19.6. The van der Waals surface area contributed by atoms with Crippen molar-refractivity contribution in [1.82, 2.24) is 25.9 Å². The van der Waals surface area contributed by atoms with Crippen LogP contribution in [0.5, 0.6) is 0 Å². The van der Waals surface area contributed by atoms with Gasteiger partial charge >= 0.3 is 0 Å². The molecule has 6 rings (SSSR count). The molecule has 39 heavy (non-hydrogen) atoms. The quantitative estimate of drug-likeness (QED) is 0.263. The Morgan fingerprint density at radius 2 is 1.72 bits per heavy atom. The summed E-state index contributed by atoms with van der Waals surface area (Å²) in [6.07, 6.45) is 0.797. The van der Waals surface area contributed by atoms with Gasteiger partial charge in [0.25, 0.3) is 0 Å². The van der Waals surface area contributed by atoms with Crippen LogP contribution in [0.1, 0.15) is 36.4 Å². The Hall–Kier alpha value is -4.17. The fourth-order valence-corrected chi connectivity index (χ4v) is 5.93. The lowest BCUT2D eigenvalue weighted by atomic mass is 9.80. The number of tetrazole rings is 1. The van der Waals surface area contributed by atoms with Gasteiger partial charge in [0.2, 0.25) is 0 Å². The fourth-order valence-electron chi connectivity index (χ4n) is 5.93. The van der Waals surface area contributed by atoms with Gasteiger partial charge in [-0.05, 0) is 69.6 Å². The van der Waals surface area contributed by atoms with Crippen molar-refractivity contribution in [2.45, 2.75) is 25.3 Å². The molecule has 4 aromatic carbocycles. The van der Waals surface area contributed by atoms with E-state index in [1.807, 2.05) is 11.0 Å². The standard InChI is InChI=1S/C31H30F2N6/c1-20(25-13-7-11-22-10-5-6-12-27(22)25)34-18-24-19-39(15-14-26(24)21-8-3-2-4-9-21)30-28(32)16-23(17-29(30)33)31-35-37-38-36-31/h2-13,16-17,20,24,26,34H,14-15,18-19H2,1H3,(H,35,36,37,38)/t20-,24?,26?/m1/s1. The Bertz CT molecular complexity index is 1530. The van der Waals surface area contributed by atoms with E-state index in [-0.39, 0.29) is 35.0 Å². The molecular weight excluding hydrogens is 494 g/mol. The number of aromatic nitrogens is 4. The van der Waals surface area contributed by atoms with Crippen molar-refractivity contribution < 1.29 is 8.78 Å². The lowest BCUT2D eigenvalue weighted by Gasteiger charge is -2.41. The van der Waals surface area contributed by atoms with Crippen molar-refractivity contribution in [2.75, 3.05) is 24.5 Å². The van der Waals surface area contributed by atoms with E-state index in [0.717, 1.165) is 6.42 Å². The van der Waals surface area contributed by atoms with E-state index in [1.54, 1.807) is 0 Å². The number of nitrogens with zero attached hydrogens (tertiary/aromatic N) is 4. The Morgan fingerprint density at radius 3 is 2.49 bits per heavy atom. The maximum Gasteiger partial charge on any atom is 0.179 e. The Labute approximate surface area is 226 Å². The van der Waals surface area contributed by atoms with E-state index in [4.69, 9.17) is 0 Å². The third kappa shape index (κ3) is 5.12. The lowest BCUT2D eigenvalue weighted by Crippen LogP contribution is -2.44. The van der Waals surface area contributed by atoms with E-state index in [2.05, 4.69) is 99.6 Å². The monoisotopic (exact) mass is 524 g/mol. The molecule has 8 heteroatoms. The Balaban J connectivity index is 1.26. The van der Waals surface area contributed by atoms with E-state index in [9.17, 15) is 0 Å². The zero-order chi connectivity index (χ0) is 26.8. The van der Waals surface area contributed by atoms with Crippen LogP contribution in [0.15, 0.2) is 84.9 Å². The second kappa shape index (κ2) is 10.9. The minimum atomic E-state index is -0.615. The number of halogens is 2. The molecule has 198 valence electrons. The molecule has 2 unspecified atom stereocenters. The molecule has 3 atom stereocenters. The van der Waals surface area contributed by atoms with E-state index >= 15 is 8.78 Å². The number of benzene rings is 4. The van der Waals surface area contributed by atoms with Crippen LogP contribution >= 0.6 is 0 Å². The molecule has 1 fully saturated rings. The highest BCUT2D eigenvalue weighted by Gasteiger charge is 2.33. The zero-order valence-corrected chi connectivity index (χ0v) is 21.7. The summed E-state index contributed by atoms with van der Waals surface area (Å²) in [5.41, 5.74) is 2.78. The summed E-state index contributed by atoms with van der Waals surface area (Å²) < 4.78 is 30.7. The van der Waals surface area contributed by atoms with Gasteiger partial charge in [0, 0.05) is 31.2 Å². The first kappa shape index (κ1) is 25.1. The number of piperidine rings is 1. The largest absolute Gasteiger partial charge is 0.366 e. The zero-order valence-electron chi connectivity index (χ0n) is 21.7. The average molecular weight is 525 g/mol. The third-order valence-corrected chi connectivity index (χ3v) is 7.89. The van der Waals surface area contributed by atoms with Crippen molar-refractivity contribution in [3.8, 4) is 11.4 Å². The van der Waals surface area contributed by atoms with Crippen LogP contribution in [0, 0.1) is 17.6 Å². The van der Waals surface area contributed by atoms with Crippen LogP contribution in [0.3, 0.4) is 0 Å².